The van der Waals surface area contributed by atoms with E-state index in [1.54, 1.807) is 13.0 Å². The fourth-order valence-corrected chi connectivity index (χ4v) is 1.76. The molecule has 1 aromatic rings. The van der Waals surface area contributed by atoms with E-state index in [-0.39, 0.29) is 12.5 Å². The van der Waals surface area contributed by atoms with Crippen LogP contribution in [0.2, 0.25) is 5.02 Å². The molecule has 3 nitrogen and oxygen atoms in total. The molecule has 5 heteroatoms. The van der Waals surface area contributed by atoms with Crippen molar-refractivity contribution in [2.24, 2.45) is 0 Å². The van der Waals surface area contributed by atoms with E-state index < -0.39 is 6.04 Å². The number of carbonyl (C=O) groups is 1. The van der Waals surface area contributed by atoms with Gasteiger partial charge in [0.25, 0.3) is 0 Å². The van der Waals surface area contributed by atoms with E-state index >= 15 is 0 Å². The lowest BCUT2D eigenvalue weighted by Crippen LogP contribution is -2.37. The minimum atomic E-state index is -0.391. The van der Waals surface area contributed by atoms with Crippen LogP contribution in [-0.4, -0.2) is 18.5 Å². The van der Waals surface area contributed by atoms with Gasteiger partial charge in [0.05, 0.1) is 21.7 Å². The van der Waals surface area contributed by atoms with Crippen LogP contribution in [0.4, 0.5) is 5.69 Å². The fraction of sp³-hybridized carbons (Fsp3) is 0.250. The summed E-state index contributed by atoms with van der Waals surface area (Å²) in [5.41, 5.74) is 0.765. The highest BCUT2D eigenvalue weighted by Crippen LogP contribution is 2.30. The van der Waals surface area contributed by atoms with Crippen LogP contribution in [0.15, 0.2) is 22.7 Å². The van der Waals surface area contributed by atoms with E-state index in [0.717, 1.165) is 10.2 Å². The molecule has 0 aliphatic heterocycles. The summed E-state index contributed by atoms with van der Waals surface area (Å²) in [5.74, 6) is 2.19. The number of terminal acetylenes is 1. The zero-order valence-electron chi connectivity index (χ0n) is 9.26. The number of anilines is 1. The van der Waals surface area contributed by atoms with Gasteiger partial charge >= 0.3 is 0 Å². The monoisotopic (exact) mass is 314 g/mol. The highest BCUT2D eigenvalue weighted by molar-refractivity contribution is 9.10. The summed E-state index contributed by atoms with van der Waals surface area (Å²) in [6.45, 7) is 1.97. The first-order chi connectivity index (χ1) is 8.06. The number of amides is 1. The standard InChI is InChI=1S/C12H12BrClN2O/c1-3-7-15-12(17)8(2)16-10-6-4-5-9(14)11(10)13/h1,4-6,8,16H,7H2,2H3,(H,15,17). The van der Waals surface area contributed by atoms with E-state index in [9.17, 15) is 4.79 Å². The molecule has 1 amide bonds. The number of rotatable bonds is 4. The molecule has 0 bridgehead atoms. The first kappa shape index (κ1) is 13.9. The SMILES string of the molecule is C#CCNC(=O)C(C)Nc1cccc(Cl)c1Br. The van der Waals surface area contributed by atoms with E-state index in [1.165, 1.54) is 0 Å². The van der Waals surface area contributed by atoms with Crippen molar-refractivity contribution in [3.8, 4) is 12.3 Å². The molecule has 0 aliphatic carbocycles. The molecule has 1 atom stereocenters. The summed E-state index contributed by atoms with van der Waals surface area (Å²) in [6.07, 6.45) is 5.06. The van der Waals surface area contributed by atoms with Crippen molar-refractivity contribution in [1.82, 2.24) is 5.32 Å². The van der Waals surface area contributed by atoms with Gasteiger partial charge in [-0.3, -0.25) is 4.79 Å². The summed E-state index contributed by atoms with van der Waals surface area (Å²) in [7, 11) is 0. The van der Waals surface area contributed by atoms with Crippen LogP contribution in [0.1, 0.15) is 6.92 Å². The van der Waals surface area contributed by atoms with Gasteiger partial charge in [0.15, 0.2) is 0 Å². The number of halogens is 2. The summed E-state index contributed by atoms with van der Waals surface area (Å²) in [5, 5.41) is 6.24. The van der Waals surface area contributed by atoms with Crippen LogP contribution < -0.4 is 10.6 Å². The normalized spacial score (nSPS) is 11.4. The van der Waals surface area contributed by atoms with Gasteiger partial charge in [0.1, 0.15) is 6.04 Å². The highest BCUT2D eigenvalue weighted by atomic mass is 79.9. The summed E-state index contributed by atoms with van der Waals surface area (Å²) >= 11 is 9.30. The fourth-order valence-electron chi connectivity index (χ4n) is 1.21. The molecule has 1 unspecified atom stereocenters. The molecule has 0 aliphatic rings. The Labute approximate surface area is 114 Å². The molecule has 0 fully saturated rings. The van der Waals surface area contributed by atoms with Crippen molar-refractivity contribution in [3.63, 3.8) is 0 Å². The van der Waals surface area contributed by atoms with E-state index in [2.05, 4.69) is 32.5 Å². The number of hydrogen-bond donors (Lipinski definition) is 2. The average Bonchev–Trinajstić information content (AvgIpc) is 2.31. The Morgan fingerprint density at radius 2 is 2.35 bits per heavy atom. The molecule has 1 aromatic carbocycles. The lowest BCUT2D eigenvalue weighted by molar-refractivity contribution is -0.121. The Morgan fingerprint density at radius 1 is 1.65 bits per heavy atom. The molecule has 0 heterocycles. The third-order valence-corrected chi connectivity index (χ3v) is 3.48. The third-order valence-electron chi connectivity index (χ3n) is 2.08. The zero-order valence-corrected chi connectivity index (χ0v) is 11.6. The summed E-state index contributed by atoms with van der Waals surface area (Å²) in [6, 6.07) is 5.01. The van der Waals surface area contributed by atoms with Gasteiger partial charge in [-0.1, -0.05) is 23.6 Å². The Balaban J connectivity index is 2.68. The van der Waals surface area contributed by atoms with Crippen LogP contribution in [0.3, 0.4) is 0 Å². The molecule has 0 radical (unpaired) electrons. The molecule has 0 aromatic heterocycles. The largest absolute Gasteiger partial charge is 0.373 e. The van der Waals surface area contributed by atoms with E-state index in [0.29, 0.717) is 5.02 Å². The Hall–Kier alpha value is -1.18. The van der Waals surface area contributed by atoms with Gasteiger partial charge in [-0.2, -0.15) is 0 Å². The lowest BCUT2D eigenvalue weighted by atomic mass is 10.2. The van der Waals surface area contributed by atoms with Gasteiger partial charge in [-0.05, 0) is 35.0 Å². The molecular weight excluding hydrogens is 304 g/mol. The molecular formula is C12H12BrClN2O. The quantitative estimate of drug-likeness (QED) is 0.839. The topological polar surface area (TPSA) is 41.1 Å². The van der Waals surface area contributed by atoms with Gasteiger partial charge in [0.2, 0.25) is 5.91 Å². The smallest absolute Gasteiger partial charge is 0.242 e. The first-order valence-corrected chi connectivity index (χ1v) is 6.15. The maximum atomic E-state index is 11.6. The number of carbonyl (C=O) groups excluding carboxylic acids is 1. The van der Waals surface area contributed by atoms with E-state index in [1.807, 2.05) is 12.1 Å². The predicted molar refractivity (Wildman–Crippen MR) is 74.1 cm³/mol. The minimum Gasteiger partial charge on any atom is -0.373 e. The maximum Gasteiger partial charge on any atom is 0.242 e. The predicted octanol–water partition coefficient (Wildman–Crippen LogP) is 2.65. The minimum absolute atomic E-state index is 0.158. The molecule has 90 valence electrons. The van der Waals surface area contributed by atoms with Crippen LogP contribution in [0.25, 0.3) is 0 Å². The van der Waals surface area contributed by atoms with E-state index in [4.69, 9.17) is 18.0 Å². The summed E-state index contributed by atoms with van der Waals surface area (Å²) in [4.78, 5) is 11.6. The molecule has 1 rings (SSSR count). The first-order valence-electron chi connectivity index (χ1n) is 4.98. The van der Waals surface area contributed by atoms with Crippen molar-refractivity contribution in [3.05, 3.63) is 27.7 Å². The second kappa shape index (κ2) is 6.53. The van der Waals surface area contributed by atoms with Crippen LogP contribution in [0.5, 0.6) is 0 Å². The number of hydrogen-bond acceptors (Lipinski definition) is 2. The second-order valence-corrected chi connectivity index (χ2v) is 4.59. The highest BCUT2D eigenvalue weighted by Gasteiger charge is 2.13. The maximum absolute atomic E-state index is 11.6. The Bertz CT molecular complexity index is 456. The van der Waals surface area contributed by atoms with Crippen molar-refractivity contribution in [2.75, 3.05) is 11.9 Å². The average molecular weight is 316 g/mol. The number of nitrogens with one attached hydrogen (secondary N) is 2. The zero-order chi connectivity index (χ0) is 12.8. The second-order valence-electron chi connectivity index (χ2n) is 3.39. The van der Waals surface area contributed by atoms with Gasteiger partial charge in [-0.25, -0.2) is 0 Å². The summed E-state index contributed by atoms with van der Waals surface area (Å²) < 4.78 is 0.735. The van der Waals surface area contributed by atoms with Gasteiger partial charge in [0, 0.05) is 0 Å². The van der Waals surface area contributed by atoms with Crippen LogP contribution in [0, 0.1) is 12.3 Å². The molecule has 17 heavy (non-hydrogen) atoms. The van der Waals surface area contributed by atoms with Crippen molar-refractivity contribution < 1.29 is 4.79 Å². The number of benzene rings is 1. The van der Waals surface area contributed by atoms with Gasteiger partial charge in [-0.15, -0.1) is 6.42 Å². The van der Waals surface area contributed by atoms with Gasteiger partial charge < -0.3 is 10.6 Å². The molecule has 0 saturated carbocycles. The Kier molecular flexibility index (Phi) is 5.33. The van der Waals surface area contributed by atoms with Crippen LogP contribution >= 0.6 is 27.5 Å². The molecule has 2 N–H and O–H groups in total. The molecule has 0 spiro atoms. The third kappa shape index (κ3) is 3.95. The van der Waals surface area contributed by atoms with Crippen molar-refractivity contribution in [2.45, 2.75) is 13.0 Å². The van der Waals surface area contributed by atoms with Crippen molar-refractivity contribution >= 4 is 39.1 Å². The van der Waals surface area contributed by atoms with Crippen LogP contribution in [-0.2, 0) is 4.79 Å². The Morgan fingerprint density at radius 3 is 3.00 bits per heavy atom. The molecule has 0 saturated heterocycles. The lowest BCUT2D eigenvalue weighted by Gasteiger charge is -2.16. The van der Waals surface area contributed by atoms with Crippen molar-refractivity contribution in [1.29, 1.82) is 0 Å².